The van der Waals surface area contributed by atoms with Crippen LogP contribution in [0.1, 0.15) is 0 Å². The summed E-state index contributed by atoms with van der Waals surface area (Å²) in [4.78, 5) is 0. The Balaban J connectivity index is 2.14. The van der Waals surface area contributed by atoms with Gasteiger partial charge in [0.2, 0.25) is 0 Å². The van der Waals surface area contributed by atoms with Gasteiger partial charge in [0, 0.05) is 0 Å². The van der Waals surface area contributed by atoms with Crippen molar-refractivity contribution in [1.29, 1.82) is 0 Å². The quantitative estimate of drug-likeness (QED) is 0.558. The molecule has 1 aliphatic rings. The summed E-state index contributed by atoms with van der Waals surface area (Å²) >= 11 is 1.63. The summed E-state index contributed by atoms with van der Waals surface area (Å²) in [6.07, 6.45) is 3.12. The van der Waals surface area contributed by atoms with Gasteiger partial charge in [-0.1, -0.05) is 6.07 Å². The minimum absolute atomic E-state index is 0.194. The molecule has 0 atom stereocenters. The molecule has 0 radical (unpaired) electrons. The summed E-state index contributed by atoms with van der Waals surface area (Å²) in [5.41, 5.74) is 0. The van der Waals surface area contributed by atoms with Gasteiger partial charge in [-0.2, -0.15) is 11.3 Å². The zero-order valence-electron chi connectivity index (χ0n) is 5.19. The second-order valence-corrected chi connectivity index (χ2v) is 2.87. The molecule has 0 aromatic carbocycles. The normalized spacial score (nSPS) is 15.0. The van der Waals surface area contributed by atoms with E-state index in [0.29, 0.717) is 0 Å². The molecule has 0 fully saturated rings. The molecule has 2 rings (SSSR count). The largest absolute Gasteiger partial charge is 0.642 e. The van der Waals surface area contributed by atoms with E-state index in [1.54, 1.807) is 23.9 Å². The van der Waals surface area contributed by atoms with Crippen LogP contribution < -0.4 is 4.78 Å². The third-order valence-electron chi connectivity index (χ3n) is 1.24. The Bertz CT molecular complexity index is 224. The average Bonchev–Trinajstić information content (AvgIpc) is 2.59. The van der Waals surface area contributed by atoms with Crippen LogP contribution in [0.3, 0.4) is 0 Å². The van der Waals surface area contributed by atoms with Crippen molar-refractivity contribution in [3.8, 4) is 0 Å². The first-order valence-electron chi connectivity index (χ1n) is 2.96. The van der Waals surface area contributed by atoms with E-state index in [-0.39, 0.29) is 7.12 Å². The van der Waals surface area contributed by atoms with Crippen LogP contribution in [0.25, 0.3) is 0 Å². The van der Waals surface area contributed by atoms with E-state index < -0.39 is 0 Å². The van der Waals surface area contributed by atoms with Crippen molar-refractivity contribution in [1.82, 2.24) is 0 Å². The Hall–Kier alpha value is -0.895. The monoisotopic (exact) mass is 152 g/mol. The number of thiophene rings is 1. The summed E-state index contributed by atoms with van der Waals surface area (Å²) < 4.78 is 11.3. The highest BCUT2D eigenvalue weighted by atomic mass is 32.1. The molecule has 0 saturated heterocycles. The highest BCUT2D eigenvalue weighted by molar-refractivity contribution is 7.20. The minimum atomic E-state index is -0.194. The molecule has 0 aliphatic carbocycles. The van der Waals surface area contributed by atoms with Crippen LogP contribution in [0.2, 0.25) is 0 Å². The lowest BCUT2D eigenvalue weighted by molar-refractivity contribution is 0.424. The standard InChI is InChI=1S/C6H5BO2S/c1-2-6(10-5-1)7-8-3-4-9-7/h1-5H. The molecular weight excluding hydrogens is 147 g/mol. The summed E-state index contributed by atoms with van der Waals surface area (Å²) in [6.45, 7) is 0. The molecule has 1 aliphatic heterocycles. The fourth-order valence-corrected chi connectivity index (χ4v) is 1.49. The van der Waals surface area contributed by atoms with Gasteiger partial charge in [0.25, 0.3) is 0 Å². The molecular formula is C6H5BO2S. The van der Waals surface area contributed by atoms with Gasteiger partial charge in [0.1, 0.15) is 0 Å². The molecule has 2 heterocycles. The number of hydrogen-bond donors (Lipinski definition) is 0. The second kappa shape index (κ2) is 2.38. The summed E-state index contributed by atoms with van der Waals surface area (Å²) in [6, 6.07) is 3.97. The van der Waals surface area contributed by atoms with Crippen molar-refractivity contribution in [2.75, 3.05) is 0 Å². The fourth-order valence-electron chi connectivity index (χ4n) is 0.798. The summed E-state index contributed by atoms with van der Waals surface area (Å²) in [5.74, 6) is 0. The lowest BCUT2D eigenvalue weighted by Gasteiger charge is -1.98. The van der Waals surface area contributed by atoms with Crippen LogP contribution >= 0.6 is 11.3 Å². The van der Waals surface area contributed by atoms with Crippen molar-refractivity contribution in [2.45, 2.75) is 0 Å². The SMILES string of the molecule is C1=COB(c2cccs2)O1. The van der Waals surface area contributed by atoms with E-state index >= 15 is 0 Å². The first-order chi connectivity index (χ1) is 4.97. The van der Waals surface area contributed by atoms with Crippen LogP contribution in [0.15, 0.2) is 30.0 Å². The molecule has 0 spiro atoms. The van der Waals surface area contributed by atoms with Crippen molar-refractivity contribution in [3.63, 3.8) is 0 Å². The van der Waals surface area contributed by atoms with Gasteiger partial charge in [-0.25, -0.2) is 0 Å². The maximum atomic E-state index is 5.10. The van der Waals surface area contributed by atoms with E-state index in [4.69, 9.17) is 9.31 Å². The smallest absolute Gasteiger partial charge is 0.525 e. The zero-order valence-corrected chi connectivity index (χ0v) is 6.01. The van der Waals surface area contributed by atoms with Crippen LogP contribution in [-0.2, 0) is 9.31 Å². The molecule has 1 aromatic heterocycles. The topological polar surface area (TPSA) is 18.5 Å². The first kappa shape index (κ1) is 5.86. The second-order valence-electron chi connectivity index (χ2n) is 1.89. The Morgan fingerprint density at radius 3 is 2.70 bits per heavy atom. The predicted molar refractivity (Wildman–Crippen MR) is 41.0 cm³/mol. The Labute approximate surface area is 63.2 Å². The summed E-state index contributed by atoms with van der Waals surface area (Å²) in [7, 11) is -0.194. The Kier molecular flexibility index (Phi) is 1.40. The fraction of sp³-hybridized carbons (Fsp3) is 0. The molecule has 0 unspecified atom stereocenters. The lowest BCUT2D eigenvalue weighted by Crippen LogP contribution is -2.28. The predicted octanol–water partition coefficient (Wildman–Crippen LogP) is 0.961. The maximum absolute atomic E-state index is 5.10. The van der Waals surface area contributed by atoms with Gasteiger partial charge in [-0.15, -0.1) is 0 Å². The number of rotatable bonds is 1. The molecule has 2 nitrogen and oxygen atoms in total. The average molecular weight is 152 g/mol. The molecule has 4 heteroatoms. The molecule has 0 N–H and O–H groups in total. The van der Waals surface area contributed by atoms with Crippen LogP contribution in [0, 0.1) is 0 Å². The molecule has 0 amide bonds. The van der Waals surface area contributed by atoms with E-state index in [0.717, 1.165) is 4.78 Å². The van der Waals surface area contributed by atoms with E-state index in [1.165, 1.54) is 0 Å². The van der Waals surface area contributed by atoms with Crippen LogP contribution in [0.4, 0.5) is 0 Å². The van der Waals surface area contributed by atoms with E-state index in [9.17, 15) is 0 Å². The summed E-state index contributed by atoms with van der Waals surface area (Å²) in [5, 5.41) is 2.00. The van der Waals surface area contributed by atoms with Crippen molar-refractivity contribution >= 4 is 23.2 Å². The molecule has 0 bridgehead atoms. The minimum Gasteiger partial charge on any atom is -0.525 e. The van der Waals surface area contributed by atoms with E-state index in [1.807, 2.05) is 17.5 Å². The van der Waals surface area contributed by atoms with Crippen molar-refractivity contribution < 1.29 is 9.31 Å². The van der Waals surface area contributed by atoms with Gasteiger partial charge in [-0.05, 0) is 11.4 Å². The highest BCUT2D eigenvalue weighted by Crippen LogP contribution is 2.04. The van der Waals surface area contributed by atoms with Gasteiger partial charge in [-0.3, -0.25) is 0 Å². The lowest BCUT2D eigenvalue weighted by atomic mass is 9.88. The van der Waals surface area contributed by atoms with Gasteiger partial charge in [0.15, 0.2) is 0 Å². The van der Waals surface area contributed by atoms with Gasteiger partial charge < -0.3 is 9.31 Å². The zero-order chi connectivity index (χ0) is 6.81. The van der Waals surface area contributed by atoms with Crippen LogP contribution in [-0.4, -0.2) is 7.12 Å². The number of hydrogen-bond acceptors (Lipinski definition) is 3. The highest BCUT2D eigenvalue weighted by Gasteiger charge is 2.27. The first-order valence-corrected chi connectivity index (χ1v) is 3.84. The Morgan fingerprint density at radius 1 is 1.30 bits per heavy atom. The maximum Gasteiger partial charge on any atom is 0.642 e. The Morgan fingerprint density at radius 2 is 2.10 bits per heavy atom. The molecule has 0 saturated carbocycles. The molecule has 1 aromatic rings. The molecule has 10 heavy (non-hydrogen) atoms. The van der Waals surface area contributed by atoms with E-state index in [2.05, 4.69) is 0 Å². The third kappa shape index (κ3) is 0.905. The van der Waals surface area contributed by atoms with Crippen LogP contribution in [0.5, 0.6) is 0 Å². The van der Waals surface area contributed by atoms with Crippen molar-refractivity contribution in [3.05, 3.63) is 30.0 Å². The van der Waals surface area contributed by atoms with Gasteiger partial charge >= 0.3 is 7.12 Å². The third-order valence-corrected chi connectivity index (χ3v) is 2.13. The van der Waals surface area contributed by atoms with Crippen molar-refractivity contribution in [2.24, 2.45) is 0 Å². The molecule has 50 valence electrons. The van der Waals surface area contributed by atoms with Gasteiger partial charge in [0.05, 0.1) is 17.3 Å².